The molecule has 4 aromatic rings. The average molecular weight is 476 g/mol. The van der Waals surface area contributed by atoms with Crippen LogP contribution in [0.4, 0.5) is 5.82 Å². The number of aromatic nitrogens is 2. The highest BCUT2D eigenvalue weighted by Gasteiger charge is 2.24. The molecule has 0 amide bonds. The van der Waals surface area contributed by atoms with Gasteiger partial charge in [0.25, 0.3) is 0 Å². The second kappa shape index (κ2) is 10.8. The van der Waals surface area contributed by atoms with E-state index in [1.807, 2.05) is 45.2 Å². The van der Waals surface area contributed by atoms with E-state index in [1.54, 1.807) is 0 Å². The highest BCUT2D eigenvalue weighted by molar-refractivity contribution is 7.20. The van der Waals surface area contributed by atoms with Gasteiger partial charge in [0.2, 0.25) is 0 Å². The molecule has 1 N–H and O–H groups in total. The lowest BCUT2D eigenvalue weighted by atomic mass is 10.1. The van der Waals surface area contributed by atoms with Crippen LogP contribution in [0.5, 0.6) is 0 Å². The number of quaternary nitrogens is 1. The van der Waals surface area contributed by atoms with E-state index in [0.29, 0.717) is 24.6 Å². The number of anilines is 1. The SMILES string of the molecule is CCOC(=O)c1sc2nc(C[NH+](C)Cc3ccccc3)nc(N(C)Cc3ccccc3)c2c1C. The quantitative estimate of drug-likeness (QED) is 0.371. The van der Waals surface area contributed by atoms with Crippen molar-refractivity contribution in [2.45, 2.75) is 33.5 Å². The topological polar surface area (TPSA) is 59.8 Å². The van der Waals surface area contributed by atoms with Crippen LogP contribution in [-0.2, 0) is 24.4 Å². The van der Waals surface area contributed by atoms with Crippen molar-refractivity contribution in [1.29, 1.82) is 0 Å². The Kier molecular flexibility index (Phi) is 7.55. The van der Waals surface area contributed by atoms with Gasteiger partial charge in [-0.1, -0.05) is 60.7 Å². The Labute approximate surface area is 204 Å². The number of fused-ring (bicyclic) bond motifs is 1. The van der Waals surface area contributed by atoms with Gasteiger partial charge in [-0.05, 0) is 25.0 Å². The third-order valence-corrected chi connectivity index (χ3v) is 6.88. The van der Waals surface area contributed by atoms with E-state index in [-0.39, 0.29) is 5.97 Å². The first-order valence-corrected chi connectivity index (χ1v) is 12.3. The Balaban J connectivity index is 1.71. The zero-order chi connectivity index (χ0) is 24.1. The van der Waals surface area contributed by atoms with E-state index in [1.165, 1.54) is 27.4 Å². The molecule has 6 nitrogen and oxygen atoms in total. The van der Waals surface area contributed by atoms with Gasteiger partial charge in [0.15, 0.2) is 5.82 Å². The lowest BCUT2D eigenvalue weighted by Gasteiger charge is -2.21. The molecule has 1 unspecified atom stereocenters. The molecule has 1 atom stereocenters. The highest BCUT2D eigenvalue weighted by Crippen LogP contribution is 2.36. The number of carbonyl (C=O) groups excluding carboxylic acids is 1. The van der Waals surface area contributed by atoms with E-state index in [9.17, 15) is 4.79 Å². The van der Waals surface area contributed by atoms with Gasteiger partial charge in [-0.2, -0.15) is 0 Å². The summed E-state index contributed by atoms with van der Waals surface area (Å²) in [4.78, 5) is 27.3. The van der Waals surface area contributed by atoms with Crippen LogP contribution in [-0.4, -0.2) is 36.6 Å². The molecule has 4 rings (SSSR count). The monoisotopic (exact) mass is 475 g/mol. The minimum absolute atomic E-state index is 0.298. The molecule has 176 valence electrons. The van der Waals surface area contributed by atoms with Crippen molar-refractivity contribution in [2.24, 2.45) is 0 Å². The smallest absolute Gasteiger partial charge is 0.348 e. The second-order valence-corrected chi connectivity index (χ2v) is 9.56. The zero-order valence-corrected chi connectivity index (χ0v) is 21.0. The van der Waals surface area contributed by atoms with Gasteiger partial charge in [0, 0.05) is 19.2 Å². The average Bonchev–Trinajstić information content (AvgIpc) is 3.16. The Hall–Kier alpha value is -3.29. The van der Waals surface area contributed by atoms with Crippen LogP contribution in [0, 0.1) is 6.92 Å². The Morgan fingerprint density at radius 1 is 1.00 bits per heavy atom. The summed E-state index contributed by atoms with van der Waals surface area (Å²) in [6, 6.07) is 20.8. The molecule has 0 fully saturated rings. The predicted molar refractivity (Wildman–Crippen MR) is 137 cm³/mol. The van der Waals surface area contributed by atoms with Crippen molar-refractivity contribution in [2.75, 3.05) is 25.6 Å². The molecule has 0 aliphatic rings. The molecule has 0 aliphatic carbocycles. The summed E-state index contributed by atoms with van der Waals surface area (Å²) >= 11 is 1.39. The van der Waals surface area contributed by atoms with Crippen molar-refractivity contribution < 1.29 is 14.4 Å². The Morgan fingerprint density at radius 2 is 1.65 bits per heavy atom. The van der Waals surface area contributed by atoms with Gasteiger partial charge >= 0.3 is 5.97 Å². The maximum Gasteiger partial charge on any atom is 0.348 e. The van der Waals surface area contributed by atoms with Crippen LogP contribution in [0.1, 0.15) is 39.1 Å². The Bertz CT molecular complexity index is 1260. The molecule has 0 bridgehead atoms. The molecule has 2 aromatic heterocycles. The summed E-state index contributed by atoms with van der Waals surface area (Å²) in [6.45, 7) is 6.41. The van der Waals surface area contributed by atoms with Crippen LogP contribution in [0.25, 0.3) is 10.2 Å². The van der Waals surface area contributed by atoms with Gasteiger partial charge in [0.05, 0.1) is 19.0 Å². The maximum absolute atomic E-state index is 12.6. The summed E-state index contributed by atoms with van der Waals surface area (Å²) in [5.41, 5.74) is 3.35. The van der Waals surface area contributed by atoms with Crippen LogP contribution in [0.15, 0.2) is 60.7 Å². The van der Waals surface area contributed by atoms with E-state index < -0.39 is 0 Å². The number of aryl methyl sites for hydroxylation is 1. The first-order chi connectivity index (χ1) is 16.5. The highest BCUT2D eigenvalue weighted by atomic mass is 32.1. The van der Waals surface area contributed by atoms with Crippen molar-refractivity contribution in [1.82, 2.24) is 9.97 Å². The van der Waals surface area contributed by atoms with E-state index in [4.69, 9.17) is 14.7 Å². The van der Waals surface area contributed by atoms with Crippen LogP contribution >= 0.6 is 11.3 Å². The van der Waals surface area contributed by atoms with Crippen molar-refractivity contribution >= 4 is 33.3 Å². The molecule has 0 aliphatic heterocycles. The van der Waals surface area contributed by atoms with Gasteiger partial charge in [-0.3, -0.25) is 0 Å². The van der Waals surface area contributed by atoms with Gasteiger partial charge in [0.1, 0.15) is 28.6 Å². The first kappa shape index (κ1) is 23.9. The fourth-order valence-electron chi connectivity index (χ4n) is 4.12. The summed E-state index contributed by atoms with van der Waals surface area (Å²) < 4.78 is 5.30. The number of thiophene rings is 1. The van der Waals surface area contributed by atoms with E-state index in [2.05, 4.69) is 48.3 Å². The Morgan fingerprint density at radius 3 is 2.29 bits per heavy atom. The fourth-order valence-corrected chi connectivity index (χ4v) is 5.20. The minimum atomic E-state index is -0.298. The molecule has 0 saturated carbocycles. The summed E-state index contributed by atoms with van der Waals surface area (Å²) in [5, 5.41) is 0.927. The number of hydrogen-bond acceptors (Lipinski definition) is 6. The van der Waals surface area contributed by atoms with E-state index in [0.717, 1.165) is 34.0 Å². The van der Waals surface area contributed by atoms with Crippen molar-refractivity contribution in [3.8, 4) is 0 Å². The van der Waals surface area contributed by atoms with Gasteiger partial charge in [-0.15, -0.1) is 11.3 Å². The third-order valence-electron chi connectivity index (χ3n) is 5.71. The number of rotatable bonds is 9. The number of hydrogen-bond donors (Lipinski definition) is 1. The fraction of sp³-hybridized carbons (Fsp3) is 0.296. The number of benzene rings is 2. The van der Waals surface area contributed by atoms with Crippen LogP contribution < -0.4 is 9.80 Å². The second-order valence-electron chi connectivity index (χ2n) is 8.56. The summed E-state index contributed by atoms with van der Waals surface area (Å²) in [5.74, 6) is 1.32. The van der Waals surface area contributed by atoms with Gasteiger partial charge < -0.3 is 14.5 Å². The number of nitrogens with one attached hydrogen (secondary N) is 1. The molecular weight excluding hydrogens is 444 g/mol. The number of nitrogens with zero attached hydrogens (tertiary/aromatic N) is 3. The van der Waals surface area contributed by atoms with Gasteiger partial charge in [-0.25, -0.2) is 14.8 Å². The van der Waals surface area contributed by atoms with Crippen LogP contribution in [0.2, 0.25) is 0 Å². The molecule has 0 spiro atoms. The molecule has 2 aromatic carbocycles. The lowest BCUT2D eigenvalue weighted by molar-refractivity contribution is -0.908. The molecule has 7 heteroatoms. The number of ether oxygens (including phenoxy) is 1. The van der Waals surface area contributed by atoms with E-state index >= 15 is 0 Å². The minimum Gasteiger partial charge on any atom is -0.462 e. The van der Waals surface area contributed by atoms with Crippen LogP contribution in [0.3, 0.4) is 0 Å². The number of esters is 1. The maximum atomic E-state index is 12.6. The molecule has 34 heavy (non-hydrogen) atoms. The largest absolute Gasteiger partial charge is 0.462 e. The first-order valence-electron chi connectivity index (χ1n) is 11.5. The normalized spacial score (nSPS) is 12.0. The molecule has 2 heterocycles. The lowest BCUT2D eigenvalue weighted by Crippen LogP contribution is -3.06. The third kappa shape index (κ3) is 5.43. The molecule has 0 radical (unpaired) electrons. The molecule has 0 saturated heterocycles. The molecular formula is C27H31N4O2S+. The standard InChI is InChI=1S/C27H30N4O2S/c1-5-33-27(32)24-19(2)23-25(31(4)17-21-14-10-7-11-15-21)28-22(29-26(23)34-24)18-30(3)16-20-12-8-6-9-13-20/h6-15H,5,16-18H2,1-4H3/p+1. The van der Waals surface area contributed by atoms with Crippen molar-refractivity contribution in [3.63, 3.8) is 0 Å². The van der Waals surface area contributed by atoms with Crippen molar-refractivity contribution in [3.05, 3.63) is 88.1 Å². The predicted octanol–water partition coefficient (Wildman–Crippen LogP) is 4.03. The number of carbonyl (C=O) groups is 1. The summed E-state index contributed by atoms with van der Waals surface area (Å²) in [6.07, 6.45) is 0. The zero-order valence-electron chi connectivity index (χ0n) is 20.2. The summed E-state index contributed by atoms with van der Waals surface area (Å²) in [7, 11) is 4.19.